The molecule has 0 heterocycles. The molecule has 0 aromatic carbocycles. The van der Waals surface area contributed by atoms with Gasteiger partial charge in [0.2, 0.25) is 0 Å². The van der Waals surface area contributed by atoms with Crippen LogP contribution in [0.4, 0.5) is 0 Å². The van der Waals surface area contributed by atoms with E-state index in [0.717, 1.165) is 0 Å². The zero-order valence-corrected chi connectivity index (χ0v) is 23.8. The molecule has 140 valence electrons. The molecule has 0 N–H and O–H groups in total. The van der Waals surface area contributed by atoms with Gasteiger partial charge in [-0.15, -0.1) is 0 Å². The van der Waals surface area contributed by atoms with Gasteiger partial charge in [0.15, 0.2) is 0 Å². The van der Waals surface area contributed by atoms with Crippen molar-refractivity contribution < 1.29 is 0 Å². The van der Waals surface area contributed by atoms with Crippen LogP contribution in [0.1, 0.15) is 52.4 Å². The second-order valence-corrected chi connectivity index (χ2v) is 41.2. The molecule has 0 spiro atoms. The van der Waals surface area contributed by atoms with Crippen LogP contribution in [0, 0.1) is 0 Å². The van der Waals surface area contributed by atoms with E-state index in [2.05, 4.69) is 57.9 Å². The molecule has 0 amide bonds. The van der Waals surface area contributed by atoms with Gasteiger partial charge in [0.05, 0.1) is 0 Å². The van der Waals surface area contributed by atoms with Crippen molar-refractivity contribution in [2.45, 2.75) is 99.5 Å². The van der Waals surface area contributed by atoms with E-state index in [1.54, 1.807) is 21.0 Å². The van der Waals surface area contributed by atoms with Gasteiger partial charge in [-0.1, -0.05) is 0 Å². The normalized spacial score (nSPS) is 12.5. The van der Waals surface area contributed by atoms with Gasteiger partial charge >= 0.3 is 162 Å². The predicted octanol–water partition coefficient (Wildman–Crippen LogP) is 7.25. The van der Waals surface area contributed by atoms with Crippen molar-refractivity contribution in [1.29, 1.82) is 0 Å². The van der Waals surface area contributed by atoms with Crippen LogP contribution in [-0.2, 0) is 0 Å². The number of unbranched alkanes of at least 4 members (excludes halogenated alkanes) is 2. The first-order valence-electron chi connectivity index (χ1n) is 10.2. The van der Waals surface area contributed by atoms with E-state index in [0.29, 0.717) is 0 Å². The van der Waals surface area contributed by atoms with Crippen LogP contribution in [0.3, 0.4) is 0 Å². The van der Waals surface area contributed by atoms with E-state index in [1.807, 2.05) is 0 Å². The Balaban J connectivity index is 4.51. The zero-order valence-electron chi connectivity index (χ0n) is 17.0. The van der Waals surface area contributed by atoms with Gasteiger partial charge in [0.25, 0.3) is 0 Å². The first-order valence-corrected chi connectivity index (χ1v) is 29.5. The topological polar surface area (TPSA) is 0 Å². The molecule has 0 aromatic heterocycles. The summed E-state index contributed by atoms with van der Waals surface area (Å²) in [7, 11) is 4.45. The summed E-state index contributed by atoms with van der Waals surface area (Å²) in [4.78, 5) is 0. The van der Waals surface area contributed by atoms with Crippen LogP contribution in [0.25, 0.3) is 0 Å². The summed E-state index contributed by atoms with van der Waals surface area (Å²) < 4.78 is 3.30. The van der Waals surface area contributed by atoms with Crippen molar-refractivity contribution in [3.8, 4) is 0 Å². The van der Waals surface area contributed by atoms with E-state index in [4.69, 9.17) is 0 Å². The third kappa shape index (κ3) is 14.8. The Kier molecular flexibility index (Phi) is 17.5. The summed E-state index contributed by atoms with van der Waals surface area (Å²) in [6, 6.07) is 3.14. The molecule has 0 aliphatic rings. The van der Waals surface area contributed by atoms with Crippen molar-refractivity contribution in [3.05, 3.63) is 0 Å². The molecule has 0 aliphatic heterocycles. The van der Waals surface area contributed by atoms with Gasteiger partial charge in [0, 0.05) is 0 Å². The summed E-state index contributed by atoms with van der Waals surface area (Å²) in [6.45, 7) is 14.8. The second-order valence-electron chi connectivity index (χ2n) is 7.89. The van der Waals surface area contributed by atoms with Crippen LogP contribution in [0.5, 0.6) is 0 Å². The standard InChI is InChI=1S/2C5H14SSi.2C4H9.Sn/c2*1-7(2)5-3-4-6;2*1-3-4-2;/h2*6-7H,3-5H2,1-2H3;2*1,3-4H2,2H3;/q;;;;+2/p-2. The molecule has 0 unspecified atom stereocenters. The summed E-state index contributed by atoms with van der Waals surface area (Å²) in [5, 5.41) is 0. The monoisotopic (exact) mass is 500 g/mol. The summed E-state index contributed by atoms with van der Waals surface area (Å²) in [5.74, 6) is 3.00. The van der Waals surface area contributed by atoms with E-state index < -0.39 is 15.6 Å². The maximum absolute atomic E-state index is 2.56. The average molecular weight is 500 g/mol. The molecule has 0 aromatic rings. The van der Waals surface area contributed by atoms with Crippen molar-refractivity contribution in [2.75, 3.05) is 11.5 Å². The first kappa shape index (κ1) is 24.9. The molecule has 0 saturated heterocycles. The number of hydrogen-bond acceptors (Lipinski definition) is 2. The molecule has 23 heavy (non-hydrogen) atoms. The summed E-state index contributed by atoms with van der Waals surface area (Å²) in [5.41, 5.74) is 0. The molecule has 0 fully saturated rings. The van der Waals surface area contributed by atoms with Gasteiger partial charge < -0.3 is 0 Å². The fraction of sp³-hybridized carbons (Fsp3) is 1.00. The Labute approximate surface area is 161 Å². The first-order chi connectivity index (χ1) is 11.0. The molecule has 0 rings (SSSR count). The Hall–Kier alpha value is 1.93. The van der Waals surface area contributed by atoms with Crippen LogP contribution in [0.2, 0.25) is 47.1 Å². The Bertz CT molecular complexity index is 237. The fourth-order valence-corrected chi connectivity index (χ4v) is 36.7. The predicted molar refractivity (Wildman–Crippen MR) is 127 cm³/mol. The second kappa shape index (κ2) is 16.1. The van der Waals surface area contributed by atoms with E-state index in [-0.39, 0.29) is 17.6 Å². The fourth-order valence-electron chi connectivity index (χ4n) is 2.85. The minimum atomic E-state index is -1.97. The molecular formula is C18H44S2Si2Sn. The van der Waals surface area contributed by atoms with Gasteiger partial charge in [-0.05, 0) is 0 Å². The third-order valence-electron chi connectivity index (χ3n) is 4.40. The van der Waals surface area contributed by atoms with Crippen molar-refractivity contribution in [2.24, 2.45) is 0 Å². The van der Waals surface area contributed by atoms with Gasteiger partial charge in [0.1, 0.15) is 0 Å². The Morgan fingerprint density at radius 2 is 1.04 bits per heavy atom. The minimum absolute atomic E-state index is 0.332. The molecule has 0 aliphatic carbocycles. The molecule has 0 nitrogen and oxygen atoms in total. The SMILES string of the molecule is CCC[CH2][Sn]([CH2]CCC)([S]CCC[SiH](C)C)[S]CCC[SiH](C)C. The van der Waals surface area contributed by atoms with Gasteiger partial charge in [-0.25, -0.2) is 0 Å². The van der Waals surface area contributed by atoms with Gasteiger partial charge in [-0.3, -0.25) is 0 Å². The van der Waals surface area contributed by atoms with Crippen LogP contribution < -0.4 is 0 Å². The summed E-state index contributed by atoms with van der Waals surface area (Å²) >= 11 is -1.97. The molecular weight excluding hydrogens is 455 g/mol. The Morgan fingerprint density at radius 1 is 0.652 bits per heavy atom. The number of hydrogen-bond donors (Lipinski definition) is 0. The maximum atomic E-state index is 2.56. The van der Waals surface area contributed by atoms with Crippen LogP contribution in [-0.4, -0.2) is 44.7 Å². The summed E-state index contributed by atoms with van der Waals surface area (Å²) in [6.07, 6.45) is 8.87. The van der Waals surface area contributed by atoms with Crippen molar-refractivity contribution >= 4 is 51.1 Å². The molecule has 5 heteroatoms. The van der Waals surface area contributed by atoms with Crippen molar-refractivity contribution in [1.82, 2.24) is 0 Å². The van der Waals surface area contributed by atoms with Gasteiger partial charge in [-0.2, -0.15) is 0 Å². The van der Waals surface area contributed by atoms with E-state index in [9.17, 15) is 0 Å². The zero-order chi connectivity index (χ0) is 17.6. The van der Waals surface area contributed by atoms with E-state index >= 15 is 0 Å². The molecule has 0 bridgehead atoms. The van der Waals surface area contributed by atoms with Crippen LogP contribution in [0.15, 0.2) is 0 Å². The van der Waals surface area contributed by atoms with E-state index in [1.165, 1.54) is 50.0 Å². The quantitative estimate of drug-likeness (QED) is 0.162. The third-order valence-corrected chi connectivity index (χ3v) is 38.7. The number of rotatable bonds is 16. The molecule has 0 radical (unpaired) electrons. The Morgan fingerprint density at radius 3 is 1.35 bits per heavy atom. The molecule has 0 atom stereocenters. The average Bonchev–Trinajstić information content (AvgIpc) is 2.51. The van der Waals surface area contributed by atoms with Crippen molar-refractivity contribution in [3.63, 3.8) is 0 Å². The molecule has 0 saturated carbocycles. The van der Waals surface area contributed by atoms with Crippen LogP contribution >= 0.6 is 17.9 Å².